The van der Waals surface area contributed by atoms with Crippen molar-refractivity contribution in [2.75, 3.05) is 0 Å². The first-order chi connectivity index (χ1) is 7.18. The third-order valence-electron chi connectivity index (χ3n) is 2.58. The van der Waals surface area contributed by atoms with E-state index in [2.05, 4.69) is 5.38 Å². The molecule has 15 heavy (non-hydrogen) atoms. The highest BCUT2D eigenvalue weighted by Gasteiger charge is 2.12. The Morgan fingerprint density at radius 3 is 2.27 bits per heavy atom. The van der Waals surface area contributed by atoms with Gasteiger partial charge in [0.25, 0.3) is 0 Å². The summed E-state index contributed by atoms with van der Waals surface area (Å²) >= 11 is 1.63. The Balaban J connectivity index is 2.32. The standard InChI is InChI=1S/C13H14OS/c1-9-3-5-11(6-4-9)13(14)12-8-15-7-10(12)2/h3-8,13-14H,1-2H3. The van der Waals surface area contributed by atoms with Crippen LogP contribution in [0.4, 0.5) is 0 Å². The predicted octanol–water partition coefficient (Wildman–Crippen LogP) is 3.45. The fourth-order valence-corrected chi connectivity index (χ4v) is 2.45. The maximum atomic E-state index is 10.2. The molecule has 1 atom stereocenters. The molecule has 2 heteroatoms. The monoisotopic (exact) mass is 218 g/mol. The topological polar surface area (TPSA) is 20.2 Å². The second-order valence-corrected chi connectivity index (χ2v) is 4.57. The van der Waals surface area contributed by atoms with Crippen molar-refractivity contribution >= 4 is 11.3 Å². The molecule has 1 unspecified atom stereocenters. The van der Waals surface area contributed by atoms with Gasteiger partial charge >= 0.3 is 0 Å². The van der Waals surface area contributed by atoms with Crippen molar-refractivity contribution in [2.24, 2.45) is 0 Å². The second kappa shape index (κ2) is 4.17. The van der Waals surface area contributed by atoms with Gasteiger partial charge in [0.1, 0.15) is 6.10 Å². The average molecular weight is 218 g/mol. The van der Waals surface area contributed by atoms with Crippen molar-refractivity contribution < 1.29 is 5.11 Å². The largest absolute Gasteiger partial charge is 0.384 e. The normalized spacial score (nSPS) is 12.7. The number of aliphatic hydroxyl groups is 1. The van der Waals surface area contributed by atoms with Gasteiger partial charge < -0.3 is 5.11 Å². The Bertz CT molecular complexity index is 442. The fourth-order valence-electron chi connectivity index (χ4n) is 1.58. The molecule has 0 aliphatic heterocycles. The van der Waals surface area contributed by atoms with Gasteiger partial charge in [-0.1, -0.05) is 29.8 Å². The molecule has 0 aliphatic carbocycles. The highest BCUT2D eigenvalue weighted by atomic mass is 32.1. The van der Waals surface area contributed by atoms with E-state index in [1.54, 1.807) is 11.3 Å². The molecule has 1 nitrogen and oxygen atoms in total. The number of rotatable bonds is 2. The lowest BCUT2D eigenvalue weighted by molar-refractivity contribution is 0.220. The number of aliphatic hydroxyl groups excluding tert-OH is 1. The molecule has 2 aromatic rings. The van der Waals surface area contributed by atoms with E-state index in [0.717, 1.165) is 16.7 Å². The summed E-state index contributed by atoms with van der Waals surface area (Å²) in [5.74, 6) is 0. The number of hydrogen-bond donors (Lipinski definition) is 1. The molecule has 1 aromatic heterocycles. The minimum atomic E-state index is -0.489. The van der Waals surface area contributed by atoms with Crippen molar-refractivity contribution in [2.45, 2.75) is 20.0 Å². The summed E-state index contributed by atoms with van der Waals surface area (Å²) < 4.78 is 0. The first-order valence-corrected chi connectivity index (χ1v) is 5.90. The van der Waals surface area contributed by atoms with Crippen LogP contribution in [0.15, 0.2) is 35.0 Å². The van der Waals surface area contributed by atoms with Crippen LogP contribution in [0.1, 0.15) is 28.4 Å². The van der Waals surface area contributed by atoms with E-state index in [9.17, 15) is 5.11 Å². The van der Waals surface area contributed by atoms with Crippen LogP contribution in [0, 0.1) is 13.8 Å². The van der Waals surface area contributed by atoms with Crippen LogP contribution in [0.2, 0.25) is 0 Å². The maximum Gasteiger partial charge on any atom is 0.105 e. The highest BCUT2D eigenvalue weighted by molar-refractivity contribution is 7.08. The molecule has 0 saturated heterocycles. The van der Waals surface area contributed by atoms with E-state index in [1.807, 2.05) is 43.5 Å². The minimum absolute atomic E-state index is 0.489. The maximum absolute atomic E-state index is 10.2. The summed E-state index contributed by atoms with van der Waals surface area (Å²) in [5.41, 5.74) is 4.35. The van der Waals surface area contributed by atoms with Crippen molar-refractivity contribution in [3.8, 4) is 0 Å². The number of thiophene rings is 1. The Kier molecular flexibility index (Phi) is 2.89. The van der Waals surface area contributed by atoms with Gasteiger partial charge in [0.05, 0.1) is 0 Å². The molecule has 0 fully saturated rings. The Labute approximate surface area is 94.0 Å². The average Bonchev–Trinajstić information content (AvgIpc) is 2.65. The van der Waals surface area contributed by atoms with Crippen molar-refractivity contribution in [3.63, 3.8) is 0 Å². The molecule has 0 aliphatic rings. The second-order valence-electron chi connectivity index (χ2n) is 3.82. The zero-order chi connectivity index (χ0) is 10.8. The zero-order valence-corrected chi connectivity index (χ0v) is 9.71. The van der Waals surface area contributed by atoms with Gasteiger partial charge in [0.15, 0.2) is 0 Å². The van der Waals surface area contributed by atoms with Gasteiger partial charge in [-0.2, -0.15) is 11.3 Å². The van der Waals surface area contributed by atoms with Crippen molar-refractivity contribution in [1.29, 1.82) is 0 Å². The molecule has 0 spiro atoms. The summed E-state index contributed by atoms with van der Waals surface area (Å²) in [6.45, 7) is 4.08. The van der Waals surface area contributed by atoms with Crippen molar-refractivity contribution in [3.05, 3.63) is 57.3 Å². The third-order valence-corrected chi connectivity index (χ3v) is 3.46. The van der Waals surface area contributed by atoms with E-state index in [0.29, 0.717) is 0 Å². The molecule has 1 heterocycles. The lowest BCUT2D eigenvalue weighted by atomic mass is 10.0. The summed E-state index contributed by atoms with van der Waals surface area (Å²) in [5, 5.41) is 14.2. The van der Waals surface area contributed by atoms with Gasteiger partial charge in [-0.15, -0.1) is 0 Å². The van der Waals surface area contributed by atoms with E-state index >= 15 is 0 Å². The van der Waals surface area contributed by atoms with Gasteiger partial charge in [0.2, 0.25) is 0 Å². The van der Waals surface area contributed by atoms with Gasteiger partial charge in [-0.25, -0.2) is 0 Å². The fraction of sp³-hybridized carbons (Fsp3) is 0.231. The van der Waals surface area contributed by atoms with Gasteiger partial charge in [-0.05, 0) is 41.3 Å². The van der Waals surface area contributed by atoms with E-state index in [-0.39, 0.29) is 0 Å². The summed E-state index contributed by atoms with van der Waals surface area (Å²) in [7, 11) is 0. The summed E-state index contributed by atoms with van der Waals surface area (Å²) in [6, 6.07) is 8.02. The first-order valence-electron chi connectivity index (χ1n) is 4.96. The molecule has 1 aromatic carbocycles. The van der Waals surface area contributed by atoms with Gasteiger partial charge in [0, 0.05) is 0 Å². The lowest BCUT2D eigenvalue weighted by Crippen LogP contribution is -1.99. The Morgan fingerprint density at radius 1 is 1.07 bits per heavy atom. The zero-order valence-electron chi connectivity index (χ0n) is 8.90. The van der Waals surface area contributed by atoms with E-state index < -0.39 is 6.10 Å². The van der Waals surface area contributed by atoms with Crippen LogP contribution in [-0.2, 0) is 0 Å². The van der Waals surface area contributed by atoms with Crippen LogP contribution in [-0.4, -0.2) is 5.11 Å². The quantitative estimate of drug-likeness (QED) is 0.818. The summed E-state index contributed by atoms with van der Waals surface area (Å²) in [6.07, 6.45) is -0.489. The van der Waals surface area contributed by atoms with Crippen LogP contribution < -0.4 is 0 Å². The van der Waals surface area contributed by atoms with Crippen LogP contribution in [0.5, 0.6) is 0 Å². The molecular formula is C13H14OS. The van der Waals surface area contributed by atoms with Crippen LogP contribution >= 0.6 is 11.3 Å². The number of hydrogen-bond acceptors (Lipinski definition) is 2. The molecule has 78 valence electrons. The van der Waals surface area contributed by atoms with Crippen LogP contribution in [0.3, 0.4) is 0 Å². The lowest BCUT2D eigenvalue weighted by Gasteiger charge is -2.11. The first kappa shape index (κ1) is 10.4. The van der Waals surface area contributed by atoms with E-state index in [4.69, 9.17) is 0 Å². The van der Waals surface area contributed by atoms with E-state index in [1.165, 1.54) is 5.56 Å². The molecule has 0 bridgehead atoms. The predicted molar refractivity (Wildman–Crippen MR) is 64.3 cm³/mol. The summed E-state index contributed by atoms with van der Waals surface area (Å²) in [4.78, 5) is 0. The minimum Gasteiger partial charge on any atom is -0.384 e. The molecular weight excluding hydrogens is 204 g/mol. The third kappa shape index (κ3) is 2.11. The highest BCUT2D eigenvalue weighted by Crippen LogP contribution is 2.27. The smallest absolute Gasteiger partial charge is 0.105 e. The molecule has 2 rings (SSSR count). The molecule has 0 radical (unpaired) electrons. The Morgan fingerprint density at radius 2 is 1.73 bits per heavy atom. The number of benzene rings is 1. The van der Waals surface area contributed by atoms with Crippen LogP contribution in [0.25, 0.3) is 0 Å². The molecule has 0 amide bonds. The molecule has 0 saturated carbocycles. The van der Waals surface area contributed by atoms with Crippen molar-refractivity contribution in [1.82, 2.24) is 0 Å². The number of aryl methyl sites for hydroxylation is 2. The molecule has 1 N–H and O–H groups in total. The Hall–Kier alpha value is -1.12. The SMILES string of the molecule is Cc1ccc(C(O)c2cscc2C)cc1. The van der Waals surface area contributed by atoms with Gasteiger partial charge in [-0.3, -0.25) is 0 Å².